The fourth-order valence-electron chi connectivity index (χ4n) is 4.26. The van der Waals surface area contributed by atoms with E-state index in [-0.39, 0.29) is 22.7 Å². The number of fused-ring (bicyclic) bond motifs is 1. The van der Waals surface area contributed by atoms with Crippen LogP contribution in [0.2, 0.25) is 0 Å². The molecule has 1 saturated heterocycles. The number of carbonyl (C=O) groups is 2. The van der Waals surface area contributed by atoms with Crippen LogP contribution in [0.5, 0.6) is 5.88 Å². The van der Waals surface area contributed by atoms with Gasteiger partial charge in [-0.25, -0.2) is 18.9 Å². The van der Waals surface area contributed by atoms with Crippen LogP contribution in [0.25, 0.3) is 16.8 Å². The lowest BCUT2D eigenvalue weighted by Crippen LogP contribution is -2.47. The maximum absolute atomic E-state index is 14.7. The average molecular weight is 593 g/mol. The number of nitrogens with zero attached hydrogens (tertiary/aromatic N) is 5. The first-order valence-electron chi connectivity index (χ1n) is 11.7. The average Bonchev–Trinajstić information content (AvgIpc) is 3.44. The van der Waals surface area contributed by atoms with Crippen molar-refractivity contribution < 1.29 is 50.2 Å². The highest BCUT2D eigenvalue weighted by Crippen LogP contribution is 2.39. The SMILES string of the molecule is COc1ncc(-c2cc(C(F)(F)F)c3c(N)ncnn23)cc1C(=O)N[C@@H]1CN(C(=O)CC(C)(O)C(F)(F)F)C[C@@H]1F. The Kier molecular flexibility index (Phi) is 7.49. The molecule has 41 heavy (non-hydrogen) atoms. The van der Waals surface area contributed by atoms with Crippen LogP contribution in [0.15, 0.2) is 24.7 Å². The molecule has 0 aromatic carbocycles. The van der Waals surface area contributed by atoms with Gasteiger partial charge in [0, 0.05) is 18.3 Å². The van der Waals surface area contributed by atoms with E-state index in [1.54, 1.807) is 0 Å². The number of pyridine rings is 1. The van der Waals surface area contributed by atoms with Crippen LogP contribution in [0.1, 0.15) is 29.3 Å². The molecule has 3 aromatic rings. The van der Waals surface area contributed by atoms with E-state index in [4.69, 9.17) is 10.5 Å². The van der Waals surface area contributed by atoms with Crippen molar-refractivity contribution in [1.82, 2.24) is 29.8 Å². The molecule has 4 N–H and O–H groups in total. The molecule has 18 heteroatoms. The molecule has 3 aromatic heterocycles. The number of nitrogens with two attached hydrogens (primary N) is 1. The Balaban J connectivity index is 1.60. The highest BCUT2D eigenvalue weighted by Gasteiger charge is 2.52. The van der Waals surface area contributed by atoms with E-state index in [0.717, 1.165) is 41.2 Å². The first kappa shape index (κ1) is 29.8. The third kappa shape index (κ3) is 5.68. The number of halogens is 7. The Morgan fingerprint density at radius 1 is 1.17 bits per heavy atom. The Morgan fingerprint density at radius 3 is 2.46 bits per heavy atom. The second kappa shape index (κ2) is 10.3. The van der Waals surface area contributed by atoms with E-state index < -0.39 is 78.4 Å². The molecule has 222 valence electrons. The number of methoxy groups -OCH3 is 1. The van der Waals surface area contributed by atoms with Crippen molar-refractivity contribution in [3.63, 3.8) is 0 Å². The number of alkyl halides is 7. The van der Waals surface area contributed by atoms with Crippen molar-refractivity contribution in [2.45, 2.75) is 43.5 Å². The minimum atomic E-state index is -5.11. The van der Waals surface area contributed by atoms with Crippen molar-refractivity contribution in [1.29, 1.82) is 0 Å². The van der Waals surface area contributed by atoms with Gasteiger partial charge in [0.05, 0.1) is 37.4 Å². The summed E-state index contributed by atoms with van der Waals surface area (Å²) in [6, 6.07) is 0.487. The highest BCUT2D eigenvalue weighted by atomic mass is 19.4. The zero-order chi connectivity index (χ0) is 30.5. The van der Waals surface area contributed by atoms with Crippen molar-refractivity contribution in [3.05, 3.63) is 35.8 Å². The summed E-state index contributed by atoms with van der Waals surface area (Å²) in [5, 5.41) is 15.7. The monoisotopic (exact) mass is 593 g/mol. The Morgan fingerprint density at radius 2 is 1.85 bits per heavy atom. The van der Waals surface area contributed by atoms with E-state index in [2.05, 4.69) is 20.4 Å². The first-order chi connectivity index (χ1) is 18.9. The van der Waals surface area contributed by atoms with Crippen LogP contribution in [-0.4, -0.2) is 85.6 Å². The summed E-state index contributed by atoms with van der Waals surface area (Å²) in [5.41, 5.74) is 0.111. The minimum Gasteiger partial charge on any atom is -0.480 e. The van der Waals surface area contributed by atoms with Crippen LogP contribution in [0.3, 0.4) is 0 Å². The minimum absolute atomic E-state index is 0.0334. The fraction of sp³-hybridized carbons (Fsp3) is 0.435. The summed E-state index contributed by atoms with van der Waals surface area (Å²) in [6.07, 6.45) is -11.1. The number of nitrogen functional groups attached to an aromatic ring is 1. The number of amides is 2. The number of anilines is 1. The lowest BCUT2D eigenvalue weighted by Gasteiger charge is -2.27. The standard InChI is InChI=1S/C23H22F7N7O4/c1-21(40,23(28,29)30)5-16(38)36-7-13(24)14(8-36)35-19(39)11-3-10(6-32-20(11)41-2)15-4-12(22(25,26)27)17-18(31)33-9-34-37(15)17/h3-4,6,9,13-14,40H,5,7-8H2,1-2H3,(H,35,39)(H2,31,33,34)/t13-,14+,21?/m0/s1. The van der Waals surface area contributed by atoms with Gasteiger partial charge in [-0.3, -0.25) is 9.59 Å². The fourth-order valence-corrected chi connectivity index (χ4v) is 4.26. The third-order valence-corrected chi connectivity index (χ3v) is 6.50. The van der Waals surface area contributed by atoms with Crippen LogP contribution in [0, 0.1) is 0 Å². The van der Waals surface area contributed by atoms with Gasteiger partial charge >= 0.3 is 12.4 Å². The molecule has 2 amide bonds. The van der Waals surface area contributed by atoms with Gasteiger partial charge in [-0.1, -0.05) is 0 Å². The van der Waals surface area contributed by atoms with Gasteiger partial charge < -0.3 is 25.8 Å². The summed E-state index contributed by atoms with van der Waals surface area (Å²) in [7, 11) is 1.15. The molecule has 1 fully saturated rings. The summed E-state index contributed by atoms with van der Waals surface area (Å²) in [6.45, 7) is -0.750. The van der Waals surface area contributed by atoms with Crippen LogP contribution < -0.4 is 15.8 Å². The zero-order valence-electron chi connectivity index (χ0n) is 21.2. The van der Waals surface area contributed by atoms with Gasteiger partial charge in [0.1, 0.15) is 23.6 Å². The number of hydrogen-bond acceptors (Lipinski definition) is 8. The van der Waals surface area contributed by atoms with E-state index in [1.165, 1.54) is 0 Å². The maximum atomic E-state index is 14.7. The van der Waals surface area contributed by atoms with Gasteiger partial charge in [0.25, 0.3) is 5.91 Å². The normalized spacial score (nSPS) is 19.3. The molecular formula is C23H22F7N7O4. The molecule has 0 aliphatic carbocycles. The molecule has 3 atom stereocenters. The maximum Gasteiger partial charge on any atom is 0.418 e. The smallest absolute Gasteiger partial charge is 0.418 e. The van der Waals surface area contributed by atoms with Crippen molar-refractivity contribution in [2.75, 3.05) is 25.9 Å². The molecule has 4 rings (SSSR count). The topological polar surface area (TPSA) is 148 Å². The highest BCUT2D eigenvalue weighted by molar-refractivity contribution is 5.98. The van der Waals surface area contributed by atoms with Crippen molar-refractivity contribution in [2.24, 2.45) is 0 Å². The van der Waals surface area contributed by atoms with Gasteiger partial charge in [0.2, 0.25) is 11.8 Å². The predicted molar refractivity (Wildman–Crippen MR) is 126 cm³/mol. The Hall–Kier alpha value is -4.22. The van der Waals surface area contributed by atoms with E-state index in [0.29, 0.717) is 6.92 Å². The molecule has 0 bridgehead atoms. The number of likely N-dealkylation sites (tertiary alicyclic amines) is 1. The largest absolute Gasteiger partial charge is 0.480 e. The van der Waals surface area contributed by atoms with Crippen LogP contribution in [-0.2, 0) is 11.0 Å². The molecule has 1 aliphatic heterocycles. The number of hydrogen-bond donors (Lipinski definition) is 3. The lowest BCUT2D eigenvalue weighted by molar-refractivity contribution is -0.254. The quantitative estimate of drug-likeness (QED) is 0.369. The molecular weight excluding hydrogens is 571 g/mol. The summed E-state index contributed by atoms with van der Waals surface area (Å²) < 4.78 is 101. The molecule has 4 heterocycles. The number of ether oxygens (including phenoxy) is 1. The Labute approximate surface area is 226 Å². The second-order valence-electron chi connectivity index (χ2n) is 9.47. The van der Waals surface area contributed by atoms with E-state index in [9.17, 15) is 45.4 Å². The van der Waals surface area contributed by atoms with Gasteiger partial charge in [-0.05, 0) is 19.1 Å². The van der Waals surface area contributed by atoms with Crippen molar-refractivity contribution >= 4 is 23.1 Å². The van der Waals surface area contributed by atoms with Crippen molar-refractivity contribution in [3.8, 4) is 17.1 Å². The van der Waals surface area contributed by atoms with E-state index >= 15 is 0 Å². The summed E-state index contributed by atoms with van der Waals surface area (Å²) in [5.74, 6) is -2.91. The van der Waals surface area contributed by atoms with Gasteiger partial charge in [-0.2, -0.15) is 31.4 Å². The zero-order valence-corrected chi connectivity index (χ0v) is 21.2. The van der Waals surface area contributed by atoms with E-state index in [1.807, 2.05) is 0 Å². The molecule has 0 spiro atoms. The first-order valence-corrected chi connectivity index (χ1v) is 11.7. The number of rotatable bonds is 6. The van der Waals surface area contributed by atoms with Gasteiger partial charge in [-0.15, -0.1) is 0 Å². The molecule has 1 unspecified atom stereocenters. The molecule has 0 saturated carbocycles. The second-order valence-corrected chi connectivity index (χ2v) is 9.47. The van der Waals surface area contributed by atoms with Crippen LogP contribution >= 0.6 is 0 Å². The van der Waals surface area contributed by atoms with Gasteiger partial charge in [0.15, 0.2) is 11.4 Å². The number of aliphatic hydroxyl groups is 1. The summed E-state index contributed by atoms with van der Waals surface area (Å²) >= 11 is 0. The molecule has 1 aliphatic rings. The summed E-state index contributed by atoms with van der Waals surface area (Å²) in [4.78, 5) is 33.7. The number of aromatic nitrogens is 4. The third-order valence-electron chi connectivity index (χ3n) is 6.50. The molecule has 0 radical (unpaired) electrons. The number of carbonyl (C=O) groups excluding carboxylic acids is 2. The Bertz CT molecular complexity index is 1490. The lowest BCUT2D eigenvalue weighted by atomic mass is 10.0. The molecule has 11 nitrogen and oxygen atoms in total. The van der Waals surface area contributed by atoms with Crippen LogP contribution in [0.4, 0.5) is 36.6 Å². The number of nitrogens with one attached hydrogen (secondary N) is 1. The predicted octanol–water partition coefficient (Wildman–Crippen LogP) is 2.38.